The van der Waals surface area contributed by atoms with Gasteiger partial charge in [0, 0.05) is 23.5 Å². The predicted octanol–water partition coefficient (Wildman–Crippen LogP) is 3.98. The van der Waals surface area contributed by atoms with Gasteiger partial charge in [-0.15, -0.1) is 11.3 Å². The van der Waals surface area contributed by atoms with E-state index in [2.05, 4.69) is 17.5 Å². The quantitative estimate of drug-likeness (QED) is 0.840. The smallest absolute Gasteiger partial charge is 0.253 e. The minimum atomic E-state index is -0.353. The molecular weight excluding hydrogens is 285 g/mol. The van der Waals surface area contributed by atoms with Crippen LogP contribution < -0.4 is 0 Å². The third-order valence-corrected chi connectivity index (χ3v) is 4.94. The molecule has 21 heavy (non-hydrogen) atoms. The zero-order chi connectivity index (χ0) is 14.7. The van der Waals surface area contributed by atoms with Crippen molar-refractivity contribution >= 4 is 17.2 Å². The van der Waals surface area contributed by atoms with Crippen molar-refractivity contribution in [3.05, 3.63) is 58.0 Å². The molecule has 4 heteroatoms. The molecule has 0 aliphatic carbocycles. The molecule has 0 bridgehead atoms. The summed E-state index contributed by atoms with van der Waals surface area (Å²) in [5.41, 5.74) is 0.451. The molecule has 2 aromatic rings. The molecule has 0 spiro atoms. The molecule has 1 aliphatic heterocycles. The molecule has 0 N–H and O–H groups in total. The van der Waals surface area contributed by atoms with E-state index in [9.17, 15) is 9.18 Å². The number of rotatable bonds is 3. The monoisotopic (exact) mass is 303 g/mol. The van der Waals surface area contributed by atoms with Gasteiger partial charge in [0.05, 0.1) is 0 Å². The lowest BCUT2D eigenvalue weighted by Crippen LogP contribution is -2.38. The summed E-state index contributed by atoms with van der Waals surface area (Å²) in [4.78, 5) is 15.6. The summed E-state index contributed by atoms with van der Waals surface area (Å²) < 4.78 is 13.2. The molecule has 0 atom stereocenters. The van der Waals surface area contributed by atoms with Crippen LogP contribution in [0.15, 0.2) is 41.8 Å². The summed E-state index contributed by atoms with van der Waals surface area (Å²) in [6.45, 7) is 1.54. The van der Waals surface area contributed by atoms with Crippen LogP contribution in [0.5, 0.6) is 0 Å². The van der Waals surface area contributed by atoms with Gasteiger partial charge in [0.25, 0.3) is 5.91 Å². The number of hydrogen-bond acceptors (Lipinski definition) is 2. The number of thiophene rings is 1. The highest BCUT2D eigenvalue weighted by Crippen LogP contribution is 2.24. The van der Waals surface area contributed by atoms with Crippen molar-refractivity contribution in [1.82, 2.24) is 4.90 Å². The molecule has 3 rings (SSSR count). The Morgan fingerprint density at radius 3 is 2.71 bits per heavy atom. The molecule has 0 unspecified atom stereocenters. The van der Waals surface area contributed by atoms with Crippen LogP contribution in [0.4, 0.5) is 4.39 Å². The van der Waals surface area contributed by atoms with Gasteiger partial charge in [0.1, 0.15) is 5.82 Å². The molecule has 1 fully saturated rings. The third kappa shape index (κ3) is 3.50. The summed E-state index contributed by atoms with van der Waals surface area (Å²) in [6, 6.07) is 10.2. The largest absolute Gasteiger partial charge is 0.339 e. The van der Waals surface area contributed by atoms with Gasteiger partial charge < -0.3 is 4.90 Å². The van der Waals surface area contributed by atoms with Gasteiger partial charge in [-0.25, -0.2) is 4.39 Å². The predicted molar refractivity (Wildman–Crippen MR) is 83.1 cm³/mol. The van der Waals surface area contributed by atoms with Crippen molar-refractivity contribution in [2.24, 2.45) is 5.92 Å². The maximum Gasteiger partial charge on any atom is 0.253 e. The number of carbonyl (C=O) groups excluding carboxylic acids is 1. The average molecular weight is 303 g/mol. The van der Waals surface area contributed by atoms with Crippen LogP contribution in [0, 0.1) is 11.7 Å². The number of benzene rings is 1. The van der Waals surface area contributed by atoms with Crippen molar-refractivity contribution in [2.45, 2.75) is 19.3 Å². The lowest BCUT2D eigenvalue weighted by atomic mass is 9.92. The van der Waals surface area contributed by atoms with Gasteiger partial charge in [-0.05, 0) is 54.8 Å². The summed E-state index contributed by atoms with van der Waals surface area (Å²) in [6.07, 6.45) is 3.16. The number of amides is 1. The van der Waals surface area contributed by atoms with E-state index in [1.165, 1.54) is 17.0 Å². The van der Waals surface area contributed by atoms with Crippen molar-refractivity contribution < 1.29 is 9.18 Å². The first kappa shape index (κ1) is 14.3. The van der Waals surface area contributed by atoms with Gasteiger partial charge in [-0.3, -0.25) is 4.79 Å². The number of halogens is 1. The fraction of sp³-hybridized carbons (Fsp3) is 0.353. The zero-order valence-corrected chi connectivity index (χ0v) is 12.6. The van der Waals surface area contributed by atoms with E-state index in [0.717, 1.165) is 32.4 Å². The lowest BCUT2D eigenvalue weighted by Gasteiger charge is -2.32. The van der Waals surface area contributed by atoms with Crippen LogP contribution in [0.2, 0.25) is 0 Å². The molecule has 1 amide bonds. The van der Waals surface area contributed by atoms with E-state index in [4.69, 9.17) is 0 Å². The lowest BCUT2D eigenvalue weighted by molar-refractivity contribution is 0.0690. The standard InChI is InChI=1S/C17H18FNOS/c18-15-4-1-3-14(12-15)17(20)19-8-6-13(7-9-19)11-16-5-2-10-21-16/h1-5,10,12-13H,6-9,11H2. The first-order valence-corrected chi connectivity index (χ1v) is 8.17. The van der Waals surface area contributed by atoms with Gasteiger partial charge in [0.15, 0.2) is 0 Å². The van der Waals surface area contributed by atoms with E-state index >= 15 is 0 Å². The minimum absolute atomic E-state index is 0.0518. The van der Waals surface area contributed by atoms with Crippen LogP contribution in [0.1, 0.15) is 28.1 Å². The number of likely N-dealkylation sites (tertiary alicyclic amines) is 1. The molecule has 1 aromatic heterocycles. The Bertz CT molecular complexity index is 603. The Kier molecular flexibility index (Phi) is 4.34. The van der Waals surface area contributed by atoms with E-state index in [0.29, 0.717) is 11.5 Å². The topological polar surface area (TPSA) is 20.3 Å². The van der Waals surface area contributed by atoms with Crippen LogP contribution >= 0.6 is 11.3 Å². The maximum absolute atomic E-state index is 13.2. The SMILES string of the molecule is O=C(c1cccc(F)c1)N1CCC(Cc2cccs2)CC1. The molecule has 2 heterocycles. The first-order valence-electron chi connectivity index (χ1n) is 7.29. The zero-order valence-electron chi connectivity index (χ0n) is 11.8. The number of nitrogens with zero attached hydrogens (tertiary/aromatic N) is 1. The Morgan fingerprint density at radius 1 is 1.24 bits per heavy atom. The molecule has 2 nitrogen and oxygen atoms in total. The molecule has 110 valence electrons. The molecule has 1 saturated heterocycles. The second-order valence-corrected chi connectivity index (χ2v) is 6.56. The van der Waals surface area contributed by atoms with Crippen molar-refractivity contribution in [3.8, 4) is 0 Å². The Hall–Kier alpha value is -1.68. The van der Waals surface area contributed by atoms with Crippen LogP contribution in [-0.4, -0.2) is 23.9 Å². The third-order valence-electron chi connectivity index (χ3n) is 4.04. The molecule has 1 aliphatic rings. The van der Waals surface area contributed by atoms with E-state index in [1.54, 1.807) is 23.5 Å². The van der Waals surface area contributed by atoms with Crippen molar-refractivity contribution in [3.63, 3.8) is 0 Å². The average Bonchev–Trinajstić information content (AvgIpc) is 3.00. The summed E-state index contributed by atoms with van der Waals surface area (Å²) in [5, 5.41) is 2.11. The molecule has 1 aromatic carbocycles. The van der Waals surface area contributed by atoms with Crippen molar-refractivity contribution in [2.75, 3.05) is 13.1 Å². The highest BCUT2D eigenvalue weighted by Gasteiger charge is 2.24. The highest BCUT2D eigenvalue weighted by atomic mass is 32.1. The summed E-state index contributed by atoms with van der Waals surface area (Å²) in [5.74, 6) is 0.248. The maximum atomic E-state index is 13.2. The minimum Gasteiger partial charge on any atom is -0.339 e. The van der Waals surface area contributed by atoms with Crippen LogP contribution in [-0.2, 0) is 6.42 Å². The van der Waals surface area contributed by atoms with Crippen LogP contribution in [0.3, 0.4) is 0 Å². The fourth-order valence-corrected chi connectivity index (χ4v) is 3.68. The van der Waals surface area contributed by atoms with Gasteiger partial charge in [-0.2, -0.15) is 0 Å². The second kappa shape index (κ2) is 6.39. The van der Waals surface area contributed by atoms with Gasteiger partial charge in [0.2, 0.25) is 0 Å². The summed E-state index contributed by atoms with van der Waals surface area (Å²) in [7, 11) is 0. The van der Waals surface area contributed by atoms with E-state index < -0.39 is 0 Å². The van der Waals surface area contributed by atoms with E-state index in [1.807, 2.05) is 4.90 Å². The number of carbonyl (C=O) groups is 1. The Balaban J connectivity index is 1.57. The van der Waals surface area contributed by atoms with Gasteiger partial charge in [-0.1, -0.05) is 12.1 Å². The first-order chi connectivity index (χ1) is 10.2. The molecular formula is C17H18FNOS. The normalized spacial score (nSPS) is 16.1. The van der Waals surface area contributed by atoms with E-state index in [-0.39, 0.29) is 11.7 Å². The number of piperidine rings is 1. The fourth-order valence-electron chi connectivity index (χ4n) is 2.86. The summed E-state index contributed by atoms with van der Waals surface area (Å²) >= 11 is 1.80. The Morgan fingerprint density at radius 2 is 2.05 bits per heavy atom. The van der Waals surface area contributed by atoms with Gasteiger partial charge >= 0.3 is 0 Å². The molecule has 0 radical (unpaired) electrons. The Labute approximate surface area is 128 Å². The second-order valence-electron chi connectivity index (χ2n) is 5.53. The van der Waals surface area contributed by atoms with Crippen LogP contribution in [0.25, 0.3) is 0 Å². The molecule has 0 saturated carbocycles. The number of hydrogen-bond donors (Lipinski definition) is 0. The highest BCUT2D eigenvalue weighted by molar-refractivity contribution is 7.09. The van der Waals surface area contributed by atoms with Crippen molar-refractivity contribution in [1.29, 1.82) is 0 Å².